The molecule has 9 heteroatoms. The molecule has 1 aliphatic rings. The third-order valence-corrected chi connectivity index (χ3v) is 6.12. The molecular weight excluding hydrogens is 430 g/mol. The Labute approximate surface area is 188 Å². The molecule has 0 N–H and O–H groups in total. The Morgan fingerprint density at radius 1 is 1.16 bits per heavy atom. The number of carbonyl (C=O) groups is 1. The van der Waals surface area contributed by atoms with E-state index in [1.165, 1.54) is 11.8 Å². The van der Waals surface area contributed by atoms with Crippen molar-refractivity contribution in [1.29, 1.82) is 0 Å². The van der Waals surface area contributed by atoms with E-state index in [2.05, 4.69) is 14.8 Å². The first-order valence-corrected chi connectivity index (χ1v) is 11.1. The zero-order valence-electron chi connectivity index (χ0n) is 17.6. The number of benzene rings is 1. The number of aryl methyl sites for hydroxylation is 1. The van der Waals surface area contributed by atoms with E-state index in [-0.39, 0.29) is 18.1 Å². The second-order valence-electron chi connectivity index (χ2n) is 7.43. The lowest BCUT2D eigenvalue weighted by molar-refractivity contribution is 0.0686. The molecule has 8 nitrogen and oxygen atoms in total. The number of furan rings is 1. The number of thioether (sulfide) groups is 1. The van der Waals surface area contributed by atoms with Gasteiger partial charge in [-0.1, -0.05) is 23.9 Å². The van der Waals surface area contributed by atoms with Crippen LogP contribution in [0.25, 0.3) is 0 Å². The number of rotatable bonds is 7. The average molecular weight is 452 g/mol. The van der Waals surface area contributed by atoms with E-state index >= 15 is 0 Å². The van der Waals surface area contributed by atoms with Crippen molar-refractivity contribution in [1.82, 2.24) is 14.8 Å². The third kappa shape index (κ3) is 4.03. The van der Waals surface area contributed by atoms with E-state index in [0.717, 1.165) is 17.1 Å². The van der Waals surface area contributed by atoms with Crippen LogP contribution in [0.4, 0.5) is 0 Å². The molecule has 3 aromatic heterocycles. The maximum Gasteiger partial charge on any atom is 0.277 e. The van der Waals surface area contributed by atoms with Gasteiger partial charge in [-0.3, -0.25) is 4.79 Å². The van der Waals surface area contributed by atoms with Gasteiger partial charge < -0.3 is 22.9 Å². The van der Waals surface area contributed by atoms with Crippen molar-refractivity contribution in [2.45, 2.75) is 31.7 Å². The van der Waals surface area contributed by atoms with Gasteiger partial charge in [0.1, 0.15) is 12.4 Å². The summed E-state index contributed by atoms with van der Waals surface area (Å²) in [5.41, 5.74) is 2.59. The molecule has 1 aliphatic heterocycles. The molecule has 0 bridgehead atoms. The number of fused-ring (bicyclic) bond motifs is 1. The molecule has 32 heavy (non-hydrogen) atoms. The Kier molecular flexibility index (Phi) is 5.48. The molecule has 0 fully saturated rings. The lowest BCUT2D eigenvalue weighted by Gasteiger charge is -2.23. The molecular formula is C23H21N3O5S. The van der Waals surface area contributed by atoms with Crippen molar-refractivity contribution in [3.05, 3.63) is 77.3 Å². The fourth-order valence-corrected chi connectivity index (χ4v) is 4.29. The maximum absolute atomic E-state index is 12.9. The minimum absolute atomic E-state index is 0.000257. The van der Waals surface area contributed by atoms with Crippen molar-refractivity contribution < 1.29 is 23.1 Å². The summed E-state index contributed by atoms with van der Waals surface area (Å²) in [6.45, 7) is 4.79. The highest BCUT2D eigenvalue weighted by Crippen LogP contribution is 2.36. The summed E-state index contributed by atoms with van der Waals surface area (Å²) in [4.78, 5) is 12.9. The first-order chi connectivity index (χ1) is 15.6. The molecule has 0 saturated heterocycles. The Balaban J connectivity index is 1.22. The summed E-state index contributed by atoms with van der Waals surface area (Å²) in [5.74, 6) is 2.68. The summed E-state index contributed by atoms with van der Waals surface area (Å²) in [7, 11) is 0. The zero-order chi connectivity index (χ0) is 22.1. The van der Waals surface area contributed by atoms with Crippen LogP contribution in [0, 0.1) is 13.8 Å². The molecule has 4 aromatic rings. The summed E-state index contributed by atoms with van der Waals surface area (Å²) in [6.07, 6.45) is 1.16. The Hall–Kier alpha value is -3.46. The van der Waals surface area contributed by atoms with Gasteiger partial charge in [-0.25, -0.2) is 0 Å². The van der Waals surface area contributed by atoms with Gasteiger partial charge in [-0.05, 0) is 44.2 Å². The van der Waals surface area contributed by atoms with Gasteiger partial charge in [-0.2, -0.15) is 0 Å². The van der Waals surface area contributed by atoms with E-state index in [1.54, 1.807) is 6.26 Å². The predicted molar refractivity (Wildman–Crippen MR) is 116 cm³/mol. The minimum Gasteiger partial charge on any atom is -0.485 e. The van der Waals surface area contributed by atoms with Crippen LogP contribution in [0.1, 0.15) is 39.5 Å². The quantitative estimate of drug-likeness (QED) is 0.297. The molecule has 0 unspecified atom stereocenters. The molecule has 0 saturated carbocycles. The smallest absolute Gasteiger partial charge is 0.277 e. The largest absolute Gasteiger partial charge is 0.485 e. The predicted octanol–water partition coefficient (Wildman–Crippen LogP) is 4.62. The first-order valence-electron chi connectivity index (χ1n) is 10.2. The number of para-hydroxylation sites is 2. The van der Waals surface area contributed by atoms with Crippen molar-refractivity contribution in [2.24, 2.45) is 0 Å². The number of ketones is 1. The molecule has 5 rings (SSSR count). The number of nitrogens with zero attached hydrogens (tertiary/aromatic N) is 3. The van der Waals surface area contributed by atoms with Gasteiger partial charge in [0.05, 0.1) is 18.6 Å². The fraction of sp³-hybridized carbons (Fsp3) is 0.261. The number of carbonyl (C=O) groups excluding carboxylic acids is 1. The third-order valence-electron chi connectivity index (χ3n) is 5.30. The number of aromatic nitrogens is 3. The van der Waals surface area contributed by atoms with Gasteiger partial charge in [0, 0.05) is 17.0 Å². The lowest BCUT2D eigenvalue weighted by Crippen LogP contribution is -2.21. The van der Waals surface area contributed by atoms with Crippen LogP contribution >= 0.6 is 11.8 Å². The van der Waals surface area contributed by atoms with Crippen LogP contribution in [0.15, 0.2) is 62.8 Å². The molecule has 164 valence electrons. The molecule has 1 atom stereocenters. The van der Waals surface area contributed by atoms with Crippen LogP contribution in [0.2, 0.25) is 0 Å². The number of hydrogen-bond acceptors (Lipinski definition) is 8. The van der Waals surface area contributed by atoms with Gasteiger partial charge in [-0.15, -0.1) is 10.2 Å². The standard InChI is InChI=1S/C23H21N3O5S/c1-14-10-17(15(2)26(14)11-16-6-5-9-28-16)18(27)13-32-23-25-24-22(31-23)21-12-29-19-7-3-4-8-20(19)30-21/h3-10,21H,11-13H2,1-2H3/t21-/m0/s1. The molecule has 4 heterocycles. The molecule has 0 radical (unpaired) electrons. The van der Waals surface area contributed by atoms with E-state index in [1.807, 2.05) is 56.3 Å². The lowest BCUT2D eigenvalue weighted by atomic mass is 10.2. The van der Waals surface area contributed by atoms with Crippen LogP contribution in [-0.4, -0.2) is 32.9 Å². The zero-order valence-corrected chi connectivity index (χ0v) is 18.4. The second-order valence-corrected chi connectivity index (χ2v) is 8.36. The summed E-state index contributed by atoms with van der Waals surface area (Å²) in [6, 6.07) is 13.1. The normalized spacial score (nSPS) is 15.1. The SMILES string of the molecule is Cc1cc(C(=O)CSc2nnc([C@@H]3COc4ccccc4O3)o2)c(C)n1Cc1ccco1. The maximum atomic E-state index is 12.9. The van der Waals surface area contributed by atoms with Crippen LogP contribution < -0.4 is 9.47 Å². The second kappa shape index (κ2) is 8.58. The Bertz CT molecular complexity index is 1240. The van der Waals surface area contributed by atoms with Gasteiger partial charge in [0.25, 0.3) is 11.1 Å². The summed E-state index contributed by atoms with van der Waals surface area (Å²) >= 11 is 1.21. The van der Waals surface area contributed by atoms with Gasteiger partial charge >= 0.3 is 0 Å². The van der Waals surface area contributed by atoms with Gasteiger partial charge in [0.15, 0.2) is 17.3 Å². The van der Waals surface area contributed by atoms with Crippen molar-refractivity contribution in [3.63, 3.8) is 0 Å². The van der Waals surface area contributed by atoms with Crippen molar-refractivity contribution >= 4 is 17.5 Å². The van der Waals surface area contributed by atoms with Crippen LogP contribution in [-0.2, 0) is 6.54 Å². The Morgan fingerprint density at radius 3 is 2.81 bits per heavy atom. The fourth-order valence-electron chi connectivity index (χ4n) is 3.64. The summed E-state index contributed by atoms with van der Waals surface area (Å²) in [5, 5.41) is 8.44. The highest BCUT2D eigenvalue weighted by molar-refractivity contribution is 7.99. The van der Waals surface area contributed by atoms with E-state index < -0.39 is 6.10 Å². The Morgan fingerprint density at radius 2 is 2.00 bits per heavy atom. The van der Waals surface area contributed by atoms with E-state index in [0.29, 0.717) is 34.7 Å². The monoisotopic (exact) mass is 451 g/mol. The number of hydrogen-bond donors (Lipinski definition) is 0. The van der Waals surface area contributed by atoms with Gasteiger partial charge in [0.2, 0.25) is 6.10 Å². The van der Waals surface area contributed by atoms with Crippen LogP contribution in [0.5, 0.6) is 11.5 Å². The minimum atomic E-state index is -0.483. The molecule has 0 amide bonds. The highest BCUT2D eigenvalue weighted by Gasteiger charge is 2.27. The van der Waals surface area contributed by atoms with Crippen molar-refractivity contribution in [2.75, 3.05) is 12.4 Å². The van der Waals surface area contributed by atoms with Crippen molar-refractivity contribution in [3.8, 4) is 11.5 Å². The topological polar surface area (TPSA) is 92.5 Å². The first kappa shape index (κ1) is 20.4. The molecule has 0 spiro atoms. The number of ether oxygens (including phenoxy) is 2. The highest BCUT2D eigenvalue weighted by atomic mass is 32.2. The molecule has 1 aromatic carbocycles. The van der Waals surface area contributed by atoms with Crippen LogP contribution in [0.3, 0.4) is 0 Å². The average Bonchev–Trinajstić information content (AvgIpc) is 3.55. The van der Waals surface area contributed by atoms with E-state index in [4.69, 9.17) is 18.3 Å². The summed E-state index contributed by atoms with van der Waals surface area (Å²) < 4.78 is 24.8. The van der Waals surface area contributed by atoms with E-state index in [9.17, 15) is 4.79 Å². The molecule has 0 aliphatic carbocycles. The number of Topliss-reactive ketones (excluding diaryl/α,β-unsaturated/α-hetero) is 1.